The van der Waals surface area contributed by atoms with Crippen LogP contribution in [0.4, 0.5) is 0 Å². The van der Waals surface area contributed by atoms with Gasteiger partial charge in [-0.1, -0.05) is 0 Å². The Bertz CT molecular complexity index is 666. The number of carbonyl (C=O) groups excluding carboxylic acids is 1. The number of allylic oxidation sites excluding steroid dienone is 2. The molecule has 1 aromatic heterocycles. The second kappa shape index (κ2) is 5.79. The Morgan fingerprint density at radius 1 is 1.20 bits per heavy atom. The van der Waals surface area contributed by atoms with Gasteiger partial charge in [0.1, 0.15) is 23.0 Å². The molecular formula is C15H12O5. The SMILES string of the molecule is O=C(C=C(O)c1cc(O)ccc1O)/C=C/c1ccco1. The van der Waals surface area contributed by atoms with Crippen LogP contribution in [-0.2, 0) is 4.79 Å². The number of hydrogen-bond acceptors (Lipinski definition) is 5. The molecule has 0 radical (unpaired) electrons. The molecule has 0 aliphatic rings. The molecule has 1 aromatic carbocycles. The van der Waals surface area contributed by atoms with E-state index in [1.807, 2.05) is 0 Å². The van der Waals surface area contributed by atoms with Crippen molar-refractivity contribution >= 4 is 17.6 Å². The molecule has 0 aliphatic heterocycles. The molecule has 3 N–H and O–H groups in total. The van der Waals surface area contributed by atoms with Crippen LogP contribution in [0.25, 0.3) is 11.8 Å². The van der Waals surface area contributed by atoms with E-state index in [1.54, 1.807) is 12.1 Å². The van der Waals surface area contributed by atoms with Crippen molar-refractivity contribution < 1.29 is 24.5 Å². The lowest BCUT2D eigenvalue weighted by Gasteiger charge is -2.03. The average molecular weight is 272 g/mol. The zero-order valence-corrected chi connectivity index (χ0v) is 10.4. The molecule has 0 saturated carbocycles. The monoisotopic (exact) mass is 272 g/mol. The van der Waals surface area contributed by atoms with Crippen molar-refractivity contribution in [1.29, 1.82) is 0 Å². The number of ketones is 1. The van der Waals surface area contributed by atoms with Gasteiger partial charge in [-0.15, -0.1) is 0 Å². The summed E-state index contributed by atoms with van der Waals surface area (Å²) in [6.07, 6.45) is 5.08. The summed E-state index contributed by atoms with van der Waals surface area (Å²) in [5.74, 6) is -0.781. The summed E-state index contributed by atoms with van der Waals surface area (Å²) in [6, 6.07) is 7.00. The van der Waals surface area contributed by atoms with Crippen LogP contribution in [0, 0.1) is 0 Å². The third-order valence-corrected chi connectivity index (χ3v) is 2.49. The van der Waals surface area contributed by atoms with E-state index in [2.05, 4.69) is 0 Å². The summed E-state index contributed by atoms with van der Waals surface area (Å²) in [4.78, 5) is 11.6. The van der Waals surface area contributed by atoms with E-state index in [0.717, 1.165) is 12.1 Å². The molecule has 1 heterocycles. The molecule has 102 valence electrons. The maximum absolute atomic E-state index is 11.6. The zero-order chi connectivity index (χ0) is 14.5. The van der Waals surface area contributed by atoms with E-state index < -0.39 is 11.5 Å². The molecule has 0 saturated heterocycles. The third-order valence-electron chi connectivity index (χ3n) is 2.49. The van der Waals surface area contributed by atoms with Crippen LogP contribution in [0.15, 0.2) is 53.2 Å². The highest BCUT2D eigenvalue weighted by Gasteiger charge is 2.08. The Balaban J connectivity index is 2.17. The van der Waals surface area contributed by atoms with Crippen molar-refractivity contribution in [3.8, 4) is 11.5 Å². The minimum atomic E-state index is -0.485. The van der Waals surface area contributed by atoms with Crippen LogP contribution in [0.3, 0.4) is 0 Å². The van der Waals surface area contributed by atoms with Crippen molar-refractivity contribution in [2.24, 2.45) is 0 Å². The largest absolute Gasteiger partial charge is 0.508 e. The lowest BCUT2D eigenvalue weighted by Crippen LogP contribution is -1.91. The molecule has 0 atom stereocenters. The Kier molecular flexibility index (Phi) is 3.91. The van der Waals surface area contributed by atoms with Crippen LogP contribution in [0.1, 0.15) is 11.3 Å². The minimum Gasteiger partial charge on any atom is -0.508 e. The quantitative estimate of drug-likeness (QED) is 0.452. The van der Waals surface area contributed by atoms with Crippen LogP contribution in [0.5, 0.6) is 11.5 Å². The molecule has 0 aliphatic carbocycles. The predicted molar refractivity (Wildman–Crippen MR) is 73.1 cm³/mol. The molecule has 0 unspecified atom stereocenters. The maximum Gasteiger partial charge on any atom is 0.182 e. The normalized spacial score (nSPS) is 11.9. The van der Waals surface area contributed by atoms with E-state index in [9.17, 15) is 20.1 Å². The number of benzene rings is 1. The molecule has 2 aromatic rings. The molecule has 2 rings (SSSR count). The number of phenols is 2. The molecular weight excluding hydrogens is 260 g/mol. The van der Waals surface area contributed by atoms with Crippen molar-refractivity contribution in [3.63, 3.8) is 0 Å². The van der Waals surface area contributed by atoms with Gasteiger partial charge in [0, 0.05) is 6.08 Å². The number of hydrogen-bond donors (Lipinski definition) is 3. The van der Waals surface area contributed by atoms with Crippen LogP contribution in [0.2, 0.25) is 0 Å². The van der Waals surface area contributed by atoms with Crippen LogP contribution in [-0.4, -0.2) is 21.1 Å². The second-order valence-corrected chi connectivity index (χ2v) is 3.98. The molecule has 5 nitrogen and oxygen atoms in total. The van der Waals surface area contributed by atoms with E-state index in [-0.39, 0.29) is 17.1 Å². The number of aromatic hydroxyl groups is 2. The highest BCUT2D eigenvalue weighted by atomic mass is 16.3. The molecule has 0 bridgehead atoms. The van der Waals surface area contributed by atoms with Gasteiger partial charge < -0.3 is 19.7 Å². The van der Waals surface area contributed by atoms with E-state index in [0.29, 0.717) is 5.76 Å². The minimum absolute atomic E-state index is 0.0234. The van der Waals surface area contributed by atoms with Gasteiger partial charge in [-0.2, -0.15) is 0 Å². The fourth-order valence-electron chi connectivity index (χ4n) is 1.54. The lowest BCUT2D eigenvalue weighted by molar-refractivity contribution is -0.110. The number of aliphatic hydroxyl groups is 1. The van der Waals surface area contributed by atoms with Gasteiger partial charge in [-0.05, 0) is 42.5 Å². The Labute approximate surface area is 114 Å². The van der Waals surface area contributed by atoms with Gasteiger partial charge in [0.2, 0.25) is 0 Å². The van der Waals surface area contributed by atoms with Crippen LogP contribution >= 0.6 is 0 Å². The number of carbonyl (C=O) groups is 1. The third kappa shape index (κ3) is 3.29. The predicted octanol–water partition coefficient (Wildman–Crippen LogP) is 2.87. The maximum atomic E-state index is 11.6. The number of aliphatic hydroxyl groups excluding tert-OH is 1. The topological polar surface area (TPSA) is 90.9 Å². The van der Waals surface area contributed by atoms with E-state index in [4.69, 9.17) is 4.42 Å². The van der Waals surface area contributed by atoms with Gasteiger partial charge in [-0.3, -0.25) is 4.79 Å². The smallest absolute Gasteiger partial charge is 0.182 e. The van der Waals surface area contributed by atoms with Crippen molar-refractivity contribution in [2.45, 2.75) is 0 Å². The highest BCUT2D eigenvalue weighted by Crippen LogP contribution is 2.27. The van der Waals surface area contributed by atoms with E-state index >= 15 is 0 Å². The first-order chi connectivity index (χ1) is 9.56. The molecule has 0 amide bonds. The Hall–Kier alpha value is -2.95. The molecule has 20 heavy (non-hydrogen) atoms. The summed E-state index contributed by atoms with van der Waals surface area (Å²) >= 11 is 0. The average Bonchev–Trinajstić information content (AvgIpc) is 2.92. The fourth-order valence-corrected chi connectivity index (χ4v) is 1.54. The van der Waals surface area contributed by atoms with Gasteiger partial charge in [0.05, 0.1) is 11.8 Å². The van der Waals surface area contributed by atoms with Crippen molar-refractivity contribution in [3.05, 3.63) is 60.1 Å². The first-order valence-corrected chi connectivity index (χ1v) is 5.75. The number of rotatable bonds is 4. The Morgan fingerprint density at radius 2 is 2.00 bits per heavy atom. The van der Waals surface area contributed by atoms with Gasteiger partial charge >= 0.3 is 0 Å². The summed E-state index contributed by atoms with van der Waals surface area (Å²) in [5, 5.41) is 28.6. The molecule has 5 heteroatoms. The summed E-state index contributed by atoms with van der Waals surface area (Å²) in [7, 11) is 0. The summed E-state index contributed by atoms with van der Waals surface area (Å²) in [5.41, 5.74) is -0.0234. The Morgan fingerprint density at radius 3 is 2.70 bits per heavy atom. The lowest BCUT2D eigenvalue weighted by atomic mass is 10.1. The fraction of sp³-hybridized carbons (Fsp3) is 0. The summed E-state index contributed by atoms with van der Waals surface area (Å²) in [6.45, 7) is 0. The van der Waals surface area contributed by atoms with Crippen molar-refractivity contribution in [2.75, 3.05) is 0 Å². The highest BCUT2D eigenvalue weighted by molar-refractivity contribution is 6.05. The number of furan rings is 1. The first kappa shape index (κ1) is 13.5. The molecule has 0 fully saturated rings. The van der Waals surface area contributed by atoms with Gasteiger partial charge in [-0.25, -0.2) is 0 Å². The standard InChI is InChI=1S/C15H12O5/c16-10-4-6-14(18)13(8-10)15(19)9-11(17)3-5-12-2-1-7-20-12/h1-9,16,18-19H/b5-3+,15-9?. The van der Waals surface area contributed by atoms with E-state index in [1.165, 1.54) is 30.5 Å². The number of phenolic OH excluding ortho intramolecular Hbond substituents is 2. The van der Waals surface area contributed by atoms with Crippen LogP contribution < -0.4 is 0 Å². The second-order valence-electron chi connectivity index (χ2n) is 3.98. The van der Waals surface area contributed by atoms with Gasteiger partial charge in [0.15, 0.2) is 5.78 Å². The van der Waals surface area contributed by atoms with Crippen molar-refractivity contribution in [1.82, 2.24) is 0 Å². The molecule has 0 spiro atoms. The summed E-state index contributed by atoms with van der Waals surface area (Å²) < 4.78 is 5.01. The zero-order valence-electron chi connectivity index (χ0n) is 10.4. The van der Waals surface area contributed by atoms with Gasteiger partial charge in [0.25, 0.3) is 0 Å². The first-order valence-electron chi connectivity index (χ1n) is 5.75.